The molecule has 1 fully saturated rings. The third kappa shape index (κ3) is 13.8. The van der Waals surface area contributed by atoms with Crippen LogP contribution in [0.25, 0.3) is 0 Å². The molecular formula is C16H31Br2NO3P12S. The van der Waals surface area contributed by atoms with Crippen LogP contribution < -0.4 is 9.64 Å². The summed E-state index contributed by atoms with van der Waals surface area (Å²) in [7, 11) is 24.1. The molecule has 0 radical (unpaired) electrons. The number of methoxy groups -OCH3 is 2. The summed E-state index contributed by atoms with van der Waals surface area (Å²) >= 11 is 8.32. The van der Waals surface area contributed by atoms with Gasteiger partial charge in [-0.3, -0.25) is 4.79 Å². The highest BCUT2D eigenvalue weighted by Crippen LogP contribution is 3.16. The molecule has 3 rings (SSSR count). The maximum atomic E-state index is 11.2. The third-order valence-electron chi connectivity index (χ3n) is 4.19. The zero-order valence-corrected chi connectivity index (χ0v) is 35.6. The quantitative estimate of drug-likeness (QED) is 0.206. The Morgan fingerprint density at radius 2 is 1.60 bits per heavy atom. The maximum Gasteiger partial charge on any atom is 0.312 e. The molecule has 0 saturated carbocycles. The molecule has 0 spiro atoms. The van der Waals surface area contributed by atoms with Gasteiger partial charge < -0.3 is 14.4 Å². The largest absolute Gasteiger partial charge is 0.486 e. The minimum absolute atomic E-state index is 0.0361. The number of hydrogen-bond acceptors (Lipinski definition) is 5. The lowest BCUT2D eigenvalue weighted by molar-refractivity contribution is -0.146. The lowest BCUT2D eigenvalue weighted by atomic mass is 9.99. The molecule has 4 nitrogen and oxygen atoms in total. The summed E-state index contributed by atoms with van der Waals surface area (Å²) in [5.74, 6) is -0.0739. The molecule has 1 aliphatic heterocycles. The Bertz CT molecular complexity index is 898. The molecular weight excluding hydrogens is 818 g/mol. The van der Waals surface area contributed by atoms with Gasteiger partial charge in [-0.25, -0.2) is 0 Å². The maximum absolute atomic E-state index is 11.2. The summed E-state index contributed by atoms with van der Waals surface area (Å²) in [6.07, 6.45) is 0. The van der Waals surface area contributed by atoms with E-state index in [2.05, 4.69) is 104 Å². The number of anilines is 1. The predicted octanol–water partition coefficient (Wildman–Crippen LogP) is 11.2. The standard InChI is InChI=1S/C11H12BrNO2.C5H5BrOS.H14P12/c1-15-11(14)8-6-13(7-8)10-4-2-3-9(12)5-10;1-7-5-4(6)2-3-8-5;1-8(2)11(7)12(9(3)4)10(5)6/h2-5,8H,6-7H2,1H3;2-3H,1H3;1-7H2. The summed E-state index contributed by atoms with van der Waals surface area (Å²) in [6.45, 7) is 2.21. The number of rotatable bonds is 7. The first-order valence-electron chi connectivity index (χ1n) is 9.51. The molecule has 0 amide bonds. The SMILES string of the molecule is COC(=O)C1CN(c2cccc(Br)c2)C1.COc1sccc1Br.PP(P)P(P)P(P(P)P)P(P)P. The smallest absolute Gasteiger partial charge is 0.312 e. The number of benzene rings is 1. The zero-order chi connectivity index (χ0) is 26.7. The van der Waals surface area contributed by atoms with E-state index in [-0.39, 0.29) is 46.8 Å². The van der Waals surface area contributed by atoms with Crippen molar-refractivity contribution in [2.45, 2.75) is 0 Å². The topological polar surface area (TPSA) is 38.8 Å². The Hall–Kier alpha value is 4.11. The van der Waals surface area contributed by atoms with Crippen LogP contribution in [0, 0.1) is 5.92 Å². The van der Waals surface area contributed by atoms with Gasteiger partial charge in [-0.05, 0) is 80.5 Å². The fraction of sp³-hybridized carbons (Fsp3) is 0.312. The van der Waals surface area contributed by atoms with Crippen LogP contribution >= 0.6 is 141 Å². The first-order chi connectivity index (χ1) is 16.4. The minimum atomic E-state index is -0.110. The van der Waals surface area contributed by atoms with E-state index in [1.54, 1.807) is 18.4 Å². The second-order valence-electron chi connectivity index (χ2n) is 6.59. The number of hydrogen-bond donors (Lipinski definition) is 0. The molecule has 198 valence electrons. The normalized spacial score (nSPS) is 14.2. The number of carbonyl (C=O) groups is 1. The zero-order valence-electron chi connectivity index (χ0n) is 19.1. The van der Waals surface area contributed by atoms with Crippen LogP contribution in [0.5, 0.6) is 5.06 Å². The van der Waals surface area contributed by atoms with E-state index >= 15 is 0 Å². The summed E-state index contributed by atoms with van der Waals surface area (Å²) < 4.78 is 11.7. The molecule has 0 bridgehead atoms. The minimum Gasteiger partial charge on any atom is -0.486 e. The van der Waals surface area contributed by atoms with Crippen molar-refractivity contribution in [3.63, 3.8) is 0 Å². The number of halogens is 2. The molecule has 1 aromatic carbocycles. The lowest BCUT2D eigenvalue weighted by Gasteiger charge is -2.39. The highest BCUT2D eigenvalue weighted by molar-refractivity contribution is 9.21. The lowest BCUT2D eigenvalue weighted by Crippen LogP contribution is -2.50. The number of carbonyl (C=O) groups excluding carboxylic acids is 1. The molecule has 8 unspecified atom stereocenters. The molecule has 0 aliphatic carbocycles. The van der Waals surface area contributed by atoms with Gasteiger partial charge in [-0.1, -0.05) is 22.0 Å². The monoisotopic (exact) mass is 847 g/mol. The summed E-state index contributed by atoms with van der Waals surface area (Å²) in [6, 6.07) is 10.0. The molecule has 2 aromatic rings. The molecule has 1 aliphatic rings. The average Bonchev–Trinajstić information content (AvgIpc) is 3.18. The van der Waals surface area contributed by atoms with Gasteiger partial charge in [0.05, 0.1) is 24.6 Å². The van der Waals surface area contributed by atoms with Gasteiger partial charge in [0, 0.05) is 23.2 Å². The van der Waals surface area contributed by atoms with Crippen molar-refractivity contribution < 1.29 is 14.3 Å². The highest BCUT2D eigenvalue weighted by Gasteiger charge is 2.33. The van der Waals surface area contributed by atoms with Crippen LogP contribution in [0.4, 0.5) is 5.69 Å². The first-order valence-corrected chi connectivity index (χ1v) is 32.8. The summed E-state index contributed by atoms with van der Waals surface area (Å²) in [5.41, 5.74) is 1.14. The molecule has 19 heteroatoms. The molecule has 2 heterocycles. The van der Waals surface area contributed by atoms with Crippen LogP contribution in [-0.2, 0) is 9.53 Å². The Morgan fingerprint density at radius 3 is 1.94 bits per heavy atom. The average molecular weight is 849 g/mol. The highest BCUT2D eigenvalue weighted by atomic mass is 79.9. The number of ether oxygens (including phenoxy) is 2. The van der Waals surface area contributed by atoms with E-state index in [1.807, 2.05) is 35.7 Å². The van der Waals surface area contributed by atoms with E-state index in [0.29, 0.717) is 0 Å². The molecule has 8 atom stereocenters. The molecule has 35 heavy (non-hydrogen) atoms. The second-order valence-corrected chi connectivity index (χ2v) is 54.2. The van der Waals surface area contributed by atoms with Gasteiger partial charge >= 0.3 is 5.97 Å². The number of esters is 1. The molecule has 1 aromatic heterocycles. The van der Waals surface area contributed by atoms with Gasteiger partial charge in [0.2, 0.25) is 0 Å². The number of thiophene rings is 1. The van der Waals surface area contributed by atoms with Crippen molar-refractivity contribution in [1.82, 2.24) is 0 Å². The van der Waals surface area contributed by atoms with Crippen LogP contribution in [0.15, 0.2) is 44.7 Å². The Morgan fingerprint density at radius 1 is 1.00 bits per heavy atom. The van der Waals surface area contributed by atoms with Crippen molar-refractivity contribution in [3.8, 4) is 5.06 Å². The van der Waals surface area contributed by atoms with Gasteiger partial charge in [0.15, 0.2) is 5.06 Å². The fourth-order valence-electron chi connectivity index (χ4n) is 2.53. The van der Waals surface area contributed by atoms with Crippen molar-refractivity contribution >= 4 is 152 Å². The van der Waals surface area contributed by atoms with Crippen LogP contribution in [0.3, 0.4) is 0 Å². The Kier molecular flexibility index (Phi) is 21.3. The molecule has 1 saturated heterocycles. The van der Waals surface area contributed by atoms with Crippen molar-refractivity contribution in [2.24, 2.45) is 5.92 Å². The van der Waals surface area contributed by atoms with E-state index in [0.717, 1.165) is 32.8 Å². The second kappa shape index (κ2) is 20.1. The summed E-state index contributed by atoms with van der Waals surface area (Å²) in [4.78, 5) is 13.3. The van der Waals surface area contributed by atoms with Gasteiger partial charge in [-0.15, -0.1) is 73.8 Å². The van der Waals surface area contributed by atoms with Crippen molar-refractivity contribution in [3.05, 3.63) is 44.7 Å². The number of nitrogens with zero attached hydrogens (tertiary/aromatic N) is 1. The fourth-order valence-corrected chi connectivity index (χ4v) is 107. The van der Waals surface area contributed by atoms with E-state index in [9.17, 15) is 4.79 Å². The Balaban J connectivity index is 0.000000276. The third-order valence-corrected chi connectivity index (χ3v) is 73.1. The molecule has 0 N–H and O–H groups in total. The van der Waals surface area contributed by atoms with Crippen LogP contribution in [-0.4, -0.2) is 33.3 Å². The van der Waals surface area contributed by atoms with Crippen LogP contribution in [0.2, 0.25) is 0 Å². The van der Waals surface area contributed by atoms with E-state index in [4.69, 9.17) is 4.74 Å². The predicted molar refractivity (Wildman–Crippen MR) is 203 cm³/mol. The van der Waals surface area contributed by atoms with Gasteiger partial charge in [0.25, 0.3) is 0 Å². The van der Waals surface area contributed by atoms with Crippen LogP contribution in [0.1, 0.15) is 0 Å². The Labute approximate surface area is 252 Å². The van der Waals surface area contributed by atoms with Gasteiger partial charge in [-0.2, -0.15) is 0 Å². The van der Waals surface area contributed by atoms with E-state index < -0.39 is 0 Å². The van der Waals surface area contributed by atoms with E-state index in [1.165, 1.54) is 7.11 Å². The summed E-state index contributed by atoms with van der Waals surface area (Å²) in [5, 5.41) is 2.91. The van der Waals surface area contributed by atoms with Gasteiger partial charge in [0.1, 0.15) is 0 Å². The first kappa shape index (κ1) is 37.1. The van der Waals surface area contributed by atoms with Crippen molar-refractivity contribution in [1.29, 1.82) is 0 Å². The van der Waals surface area contributed by atoms with Crippen molar-refractivity contribution in [2.75, 3.05) is 32.2 Å².